The van der Waals surface area contributed by atoms with E-state index in [2.05, 4.69) is 10.6 Å². The Kier molecular flexibility index (Phi) is 8.47. The molecule has 0 aromatic heterocycles. The zero-order valence-corrected chi connectivity index (χ0v) is 18.2. The number of nitrogens with one attached hydrogen (secondary N) is 2. The largest absolute Gasteiger partial charge is 0.493 e. The van der Waals surface area contributed by atoms with Crippen molar-refractivity contribution >= 4 is 23.6 Å². The number of aryl methyl sites for hydroxylation is 1. The van der Waals surface area contributed by atoms with Gasteiger partial charge in [-0.15, -0.1) is 0 Å². The number of methoxy groups -OCH3 is 1. The summed E-state index contributed by atoms with van der Waals surface area (Å²) in [5.74, 6) is 0.837. The molecule has 0 fully saturated rings. The number of benzene rings is 2. The number of rotatable bonds is 9. The number of anilines is 1. The van der Waals surface area contributed by atoms with Gasteiger partial charge in [0.1, 0.15) is 0 Å². The van der Waals surface area contributed by atoms with Gasteiger partial charge in [0.2, 0.25) is 5.91 Å². The monoisotopic (exact) mass is 410 g/mol. The highest BCUT2D eigenvalue weighted by Crippen LogP contribution is 2.28. The standard InChI is InChI=1S/C24H30N2O4/c1-6-13-30-21-11-8-18(14-22(21)29-5)9-12-23(27)26-19-10-7-17(4)20(15-19)24(28)25-16(2)3/h7-12,14-16H,6,13H2,1-5H3,(H,25,28)(H,26,27). The van der Waals surface area contributed by atoms with Gasteiger partial charge in [-0.1, -0.05) is 19.1 Å². The summed E-state index contributed by atoms with van der Waals surface area (Å²) in [4.78, 5) is 24.7. The van der Waals surface area contributed by atoms with E-state index < -0.39 is 0 Å². The third kappa shape index (κ3) is 6.65. The minimum atomic E-state index is -0.292. The second-order valence-corrected chi connectivity index (χ2v) is 7.24. The highest BCUT2D eigenvalue weighted by molar-refractivity contribution is 6.03. The lowest BCUT2D eigenvalue weighted by Gasteiger charge is -2.12. The second kappa shape index (κ2) is 11.0. The summed E-state index contributed by atoms with van der Waals surface area (Å²) in [6.07, 6.45) is 4.04. The van der Waals surface area contributed by atoms with Crippen LogP contribution in [0.15, 0.2) is 42.5 Å². The Morgan fingerprint density at radius 2 is 1.87 bits per heavy atom. The van der Waals surface area contributed by atoms with Crippen LogP contribution in [0.5, 0.6) is 11.5 Å². The van der Waals surface area contributed by atoms with Crippen molar-refractivity contribution in [1.29, 1.82) is 0 Å². The molecule has 0 heterocycles. The number of hydrogen-bond acceptors (Lipinski definition) is 4. The first-order valence-electron chi connectivity index (χ1n) is 10.1. The van der Waals surface area contributed by atoms with Crippen LogP contribution in [0.4, 0.5) is 5.69 Å². The molecule has 6 heteroatoms. The number of carbonyl (C=O) groups is 2. The number of carbonyl (C=O) groups excluding carboxylic acids is 2. The third-order valence-electron chi connectivity index (χ3n) is 4.25. The molecule has 2 aromatic carbocycles. The predicted molar refractivity (Wildman–Crippen MR) is 120 cm³/mol. The second-order valence-electron chi connectivity index (χ2n) is 7.24. The van der Waals surface area contributed by atoms with E-state index in [0.717, 1.165) is 17.5 Å². The van der Waals surface area contributed by atoms with Crippen LogP contribution in [0.2, 0.25) is 0 Å². The van der Waals surface area contributed by atoms with Gasteiger partial charge in [0.05, 0.1) is 13.7 Å². The molecule has 2 rings (SSSR count). The van der Waals surface area contributed by atoms with Gasteiger partial charge in [-0.2, -0.15) is 0 Å². The van der Waals surface area contributed by atoms with E-state index in [0.29, 0.717) is 29.4 Å². The summed E-state index contributed by atoms with van der Waals surface area (Å²) in [6, 6.07) is 10.8. The summed E-state index contributed by atoms with van der Waals surface area (Å²) in [7, 11) is 1.58. The molecule has 6 nitrogen and oxygen atoms in total. The first-order chi connectivity index (χ1) is 14.3. The smallest absolute Gasteiger partial charge is 0.251 e. The fourth-order valence-corrected chi connectivity index (χ4v) is 2.76. The maximum atomic E-state index is 12.3. The van der Waals surface area contributed by atoms with Crippen molar-refractivity contribution in [3.05, 3.63) is 59.2 Å². The average molecular weight is 411 g/mol. The van der Waals surface area contributed by atoms with Crippen LogP contribution in [0.3, 0.4) is 0 Å². The van der Waals surface area contributed by atoms with Crippen LogP contribution in [-0.4, -0.2) is 31.6 Å². The fraction of sp³-hybridized carbons (Fsp3) is 0.333. The average Bonchev–Trinajstić information content (AvgIpc) is 2.71. The molecule has 0 aliphatic carbocycles. The molecule has 2 aromatic rings. The van der Waals surface area contributed by atoms with Crippen molar-refractivity contribution in [2.24, 2.45) is 0 Å². The first kappa shape index (κ1) is 23.0. The highest BCUT2D eigenvalue weighted by atomic mass is 16.5. The Bertz CT molecular complexity index is 919. The van der Waals surface area contributed by atoms with Gasteiger partial charge >= 0.3 is 0 Å². The predicted octanol–water partition coefficient (Wildman–Crippen LogP) is 4.58. The number of ether oxygens (including phenoxy) is 2. The van der Waals surface area contributed by atoms with Crippen molar-refractivity contribution in [2.75, 3.05) is 19.0 Å². The molecule has 0 radical (unpaired) electrons. The zero-order valence-electron chi connectivity index (χ0n) is 18.2. The van der Waals surface area contributed by atoms with Crippen molar-refractivity contribution in [3.63, 3.8) is 0 Å². The van der Waals surface area contributed by atoms with Crippen molar-refractivity contribution in [2.45, 2.75) is 40.2 Å². The van der Waals surface area contributed by atoms with Gasteiger partial charge < -0.3 is 20.1 Å². The number of amides is 2. The Morgan fingerprint density at radius 1 is 1.10 bits per heavy atom. The van der Waals surface area contributed by atoms with E-state index in [9.17, 15) is 9.59 Å². The molecule has 0 atom stereocenters. The molecule has 0 spiro atoms. The van der Waals surface area contributed by atoms with Crippen LogP contribution < -0.4 is 20.1 Å². The summed E-state index contributed by atoms with van der Waals surface area (Å²) in [6.45, 7) is 8.32. The van der Waals surface area contributed by atoms with Gasteiger partial charge in [0.15, 0.2) is 11.5 Å². The van der Waals surface area contributed by atoms with Crippen molar-refractivity contribution in [1.82, 2.24) is 5.32 Å². The maximum absolute atomic E-state index is 12.3. The van der Waals surface area contributed by atoms with Crippen molar-refractivity contribution in [3.8, 4) is 11.5 Å². The topological polar surface area (TPSA) is 76.7 Å². The molecule has 2 N–H and O–H groups in total. The lowest BCUT2D eigenvalue weighted by atomic mass is 10.1. The summed E-state index contributed by atoms with van der Waals surface area (Å²) in [5.41, 5.74) is 2.76. The summed E-state index contributed by atoms with van der Waals surface area (Å²) >= 11 is 0. The van der Waals surface area contributed by atoms with E-state index >= 15 is 0 Å². The molecule has 0 unspecified atom stereocenters. The zero-order chi connectivity index (χ0) is 22.1. The van der Waals surface area contributed by atoms with Gasteiger partial charge in [-0.25, -0.2) is 0 Å². The van der Waals surface area contributed by atoms with E-state index in [1.807, 2.05) is 52.0 Å². The SMILES string of the molecule is CCCOc1ccc(C=CC(=O)Nc2ccc(C)c(C(=O)NC(C)C)c2)cc1OC. The molecule has 0 saturated carbocycles. The fourth-order valence-electron chi connectivity index (χ4n) is 2.76. The van der Waals surface area contributed by atoms with Gasteiger partial charge in [0, 0.05) is 23.4 Å². The van der Waals surface area contributed by atoms with E-state index in [1.165, 1.54) is 6.08 Å². The molecule has 0 aliphatic heterocycles. The first-order valence-corrected chi connectivity index (χ1v) is 10.1. The number of hydrogen-bond donors (Lipinski definition) is 2. The van der Waals surface area contributed by atoms with E-state index in [-0.39, 0.29) is 17.9 Å². The minimum Gasteiger partial charge on any atom is -0.493 e. The molecule has 0 saturated heterocycles. The molecular weight excluding hydrogens is 380 g/mol. The molecule has 0 aliphatic rings. The quantitative estimate of drug-likeness (QED) is 0.593. The Balaban J connectivity index is 2.08. The maximum Gasteiger partial charge on any atom is 0.251 e. The summed E-state index contributed by atoms with van der Waals surface area (Å²) in [5, 5.41) is 5.66. The van der Waals surface area contributed by atoms with Gasteiger partial charge in [-0.3, -0.25) is 9.59 Å². The van der Waals surface area contributed by atoms with Crippen LogP contribution in [0, 0.1) is 6.92 Å². The third-order valence-corrected chi connectivity index (χ3v) is 4.25. The molecule has 0 bridgehead atoms. The van der Waals surface area contributed by atoms with Crippen LogP contribution in [0.1, 0.15) is 48.7 Å². The molecular formula is C24H30N2O4. The van der Waals surface area contributed by atoms with Crippen LogP contribution >= 0.6 is 0 Å². The molecule has 2 amide bonds. The van der Waals surface area contributed by atoms with Crippen molar-refractivity contribution < 1.29 is 19.1 Å². The van der Waals surface area contributed by atoms with Gasteiger partial charge in [0.25, 0.3) is 5.91 Å². The highest BCUT2D eigenvalue weighted by Gasteiger charge is 2.11. The van der Waals surface area contributed by atoms with Crippen LogP contribution in [0.25, 0.3) is 6.08 Å². The summed E-state index contributed by atoms with van der Waals surface area (Å²) < 4.78 is 11.0. The Labute approximate surface area is 178 Å². The Hall–Kier alpha value is -3.28. The normalized spacial score (nSPS) is 10.9. The molecule has 30 heavy (non-hydrogen) atoms. The lowest BCUT2D eigenvalue weighted by Crippen LogP contribution is -2.30. The van der Waals surface area contributed by atoms with E-state index in [4.69, 9.17) is 9.47 Å². The molecule has 160 valence electrons. The van der Waals surface area contributed by atoms with Crippen LogP contribution in [-0.2, 0) is 4.79 Å². The van der Waals surface area contributed by atoms with E-state index in [1.54, 1.807) is 25.3 Å². The van der Waals surface area contributed by atoms with Gasteiger partial charge in [-0.05, 0) is 68.7 Å². The lowest BCUT2D eigenvalue weighted by molar-refractivity contribution is -0.111. The minimum absolute atomic E-state index is 0.0360. The Morgan fingerprint density at radius 3 is 2.53 bits per heavy atom.